The third-order valence-corrected chi connectivity index (χ3v) is 3.60. The molecule has 0 atom stereocenters. The summed E-state index contributed by atoms with van der Waals surface area (Å²) in [6, 6.07) is 6.11. The molecular weight excluding hydrogens is 329 g/mol. The van der Waals surface area contributed by atoms with Crippen LogP contribution >= 0.6 is 0 Å². The summed E-state index contributed by atoms with van der Waals surface area (Å²) in [5, 5.41) is 2.82. The Balaban J connectivity index is 1.58. The molecule has 0 bridgehead atoms. The lowest BCUT2D eigenvalue weighted by atomic mass is 10.2. The summed E-state index contributed by atoms with van der Waals surface area (Å²) in [4.78, 5) is 30.5. The second kappa shape index (κ2) is 7.16. The number of furan rings is 1. The number of halogens is 1. The molecule has 0 aliphatic rings. The van der Waals surface area contributed by atoms with E-state index in [0.717, 1.165) is 0 Å². The van der Waals surface area contributed by atoms with Gasteiger partial charge < -0.3 is 19.5 Å². The average Bonchev–Trinajstić information content (AvgIpc) is 2.93. The molecule has 0 aliphatic heterocycles. The van der Waals surface area contributed by atoms with Crippen LogP contribution in [0.2, 0.25) is 0 Å². The number of fused-ring (bicyclic) bond motifs is 1. The first-order chi connectivity index (χ1) is 12.1. The summed E-state index contributed by atoms with van der Waals surface area (Å²) in [7, 11) is 0. The largest absolute Gasteiger partial charge is 0.490 e. The minimum Gasteiger partial charge on any atom is -0.490 e. The molecule has 3 rings (SSSR count). The van der Waals surface area contributed by atoms with Gasteiger partial charge in [0.25, 0.3) is 11.5 Å². The summed E-state index contributed by atoms with van der Waals surface area (Å²) in [5.41, 5.74) is -0.149. The van der Waals surface area contributed by atoms with Crippen molar-refractivity contribution in [1.29, 1.82) is 0 Å². The first-order valence-corrected chi connectivity index (χ1v) is 7.70. The summed E-state index contributed by atoms with van der Waals surface area (Å²) >= 11 is 0. The summed E-state index contributed by atoms with van der Waals surface area (Å²) in [6.45, 7) is 2.14. The zero-order valence-corrected chi connectivity index (χ0v) is 13.5. The molecule has 8 heteroatoms. The normalized spacial score (nSPS) is 10.8. The molecule has 0 saturated carbocycles. The molecule has 25 heavy (non-hydrogen) atoms. The number of ether oxygens (including phenoxy) is 1. The van der Waals surface area contributed by atoms with Gasteiger partial charge in [-0.25, -0.2) is 9.37 Å². The van der Waals surface area contributed by atoms with Crippen molar-refractivity contribution in [1.82, 2.24) is 15.3 Å². The van der Waals surface area contributed by atoms with Crippen LogP contribution in [0.25, 0.3) is 11.1 Å². The van der Waals surface area contributed by atoms with Crippen LogP contribution < -0.4 is 15.6 Å². The quantitative estimate of drug-likeness (QED) is 0.667. The first-order valence-electron chi connectivity index (χ1n) is 7.70. The highest BCUT2D eigenvalue weighted by Crippen LogP contribution is 2.20. The number of aromatic amines is 1. The minimum atomic E-state index is -0.435. The number of amides is 1. The molecular formula is C17H16FN3O4. The Morgan fingerprint density at radius 1 is 1.40 bits per heavy atom. The van der Waals surface area contributed by atoms with Gasteiger partial charge in [-0.3, -0.25) is 9.59 Å². The van der Waals surface area contributed by atoms with Crippen LogP contribution in [0.15, 0.2) is 39.8 Å². The van der Waals surface area contributed by atoms with Crippen molar-refractivity contribution >= 4 is 17.0 Å². The molecule has 130 valence electrons. The number of H-pyrrole nitrogens is 1. The van der Waals surface area contributed by atoms with Crippen molar-refractivity contribution in [2.24, 2.45) is 0 Å². The van der Waals surface area contributed by atoms with Crippen LogP contribution in [-0.4, -0.2) is 29.0 Å². The summed E-state index contributed by atoms with van der Waals surface area (Å²) < 4.78 is 24.1. The molecule has 1 amide bonds. The van der Waals surface area contributed by atoms with E-state index in [1.54, 1.807) is 19.1 Å². The van der Waals surface area contributed by atoms with E-state index in [4.69, 9.17) is 9.15 Å². The smallest absolute Gasteiger partial charge is 0.262 e. The van der Waals surface area contributed by atoms with Gasteiger partial charge in [0.05, 0.1) is 18.5 Å². The molecule has 3 aromatic rings. The van der Waals surface area contributed by atoms with Gasteiger partial charge in [-0.05, 0) is 25.5 Å². The van der Waals surface area contributed by atoms with E-state index in [1.807, 2.05) is 0 Å². The van der Waals surface area contributed by atoms with Crippen LogP contribution in [0, 0.1) is 12.7 Å². The van der Waals surface area contributed by atoms with Gasteiger partial charge in [0.2, 0.25) is 5.71 Å². The van der Waals surface area contributed by atoms with E-state index in [1.165, 1.54) is 18.5 Å². The Hall–Kier alpha value is -3.16. The highest BCUT2D eigenvalue weighted by Gasteiger charge is 2.21. The Morgan fingerprint density at radius 2 is 2.20 bits per heavy atom. The number of aryl methyl sites for hydroxylation is 1. The zero-order chi connectivity index (χ0) is 17.8. The Kier molecular flexibility index (Phi) is 4.78. The van der Waals surface area contributed by atoms with Gasteiger partial charge in [-0.2, -0.15) is 0 Å². The summed E-state index contributed by atoms with van der Waals surface area (Å²) in [6.07, 6.45) is 1.69. The van der Waals surface area contributed by atoms with Crippen molar-refractivity contribution in [2.75, 3.05) is 13.2 Å². The maximum absolute atomic E-state index is 13.4. The number of carbonyl (C=O) groups excluding carboxylic acids is 1. The molecule has 0 spiro atoms. The number of hydrogen-bond donors (Lipinski definition) is 2. The van der Waals surface area contributed by atoms with Crippen molar-refractivity contribution in [3.63, 3.8) is 0 Å². The van der Waals surface area contributed by atoms with E-state index in [9.17, 15) is 14.0 Å². The van der Waals surface area contributed by atoms with Gasteiger partial charge in [0.1, 0.15) is 11.1 Å². The van der Waals surface area contributed by atoms with Crippen LogP contribution in [0.4, 0.5) is 4.39 Å². The third-order valence-electron chi connectivity index (χ3n) is 3.60. The fourth-order valence-electron chi connectivity index (χ4n) is 2.43. The number of hydrogen-bond acceptors (Lipinski definition) is 5. The molecule has 2 N–H and O–H groups in total. The molecule has 0 fully saturated rings. The molecule has 0 aliphatic carbocycles. The van der Waals surface area contributed by atoms with Crippen molar-refractivity contribution < 1.29 is 18.3 Å². The number of para-hydroxylation sites is 1. The van der Waals surface area contributed by atoms with E-state index in [-0.39, 0.29) is 29.0 Å². The molecule has 7 nitrogen and oxygen atoms in total. The Labute approximate surface area is 141 Å². The van der Waals surface area contributed by atoms with Crippen molar-refractivity contribution in [3.05, 3.63) is 58.1 Å². The van der Waals surface area contributed by atoms with Gasteiger partial charge in [-0.15, -0.1) is 0 Å². The van der Waals surface area contributed by atoms with Gasteiger partial charge in [-0.1, -0.05) is 12.1 Å². The molecule has 0 unspecified atom stereocenters. The number of carbonyl (C=O) groups is 1. The molecule has 0 radical (unpaired) electrons. The summed E-state index contributed by atoms with van der Waals surface area (Å²) in [5.74, 6) is -0.373. The van der Waals surface area contributed by atoms with Gasteiger partial charge in [0, 0.05) is 6.54 Å². The number of benzene rings is 1. The SMILES string of the molecule is Cc1oc2nc[nH]c(=O)c2c1C(=O)NCCCOc1ccccc1F. The minimum absolute atomic E-state index is 0.120. The molecule has 0 saturated heterocycles. The monoisotopic (exact) mass is 345 g/mol. The van der Waals surface area contributed by atoms with E-state index < -0.39 is 17.3 Å². The first kappa shape index (κ1) is 16.7. The van der Waals surface area contributed by atoms with Crippen molar-refractivity contribution in [3.8, 4) is 5.75 Å². The zero-order valence-electron chi connectivity index (χ0n) is 13.5. The number of rotatable bonds is 6. The maximum atomic E-state index is 13.4. The number of nitrogens with zero attached hydrogens (tertiary/aromatic N) is 1. The van der Waals surface area contributed by atoms with E-state index in [0.29, 0.717) is 18.7 Å². The topological polar surface area (TPSA) is 97.2 Å². The number of nitrogens with one attached hydrogen (secondary N) is 2. The molecule has 2 heterocycles. The second-order valence-corrected chi connectivity index (χ2v) is 5.33. The lowest BCUT2D eigenvalue weighted by Gasteiger charge is -2.08. The molecule has 1 aromatic carbocycles. The Morgan fingerprint density at radius 3 is 3.00 bits per heavy atom. The van der Waals surface area contributed by atoms with Gasteiger partial charge >= 0.3 is 0 Å². The van der Waals surface area contributed by atoms with Crippen LogP contribution in [0.1, 0.15) is 22.5 Å². The fraction of sp³-hybridized carbons (Fsp3) is 0.235. The Bertz CT molecular complexity index is 964. The van der Waals surface area contributed by atoms with Crippen LogP contribution in [-0.2, 0) is 0 Å². The fourth-order valence-corrected chi connectivity index (χ4v) is 2.43. The van der Waals surface area contributed by atoms with Crippen LogP contribution in [0.3, 0.4) is 0 Å². The average molecular weight is 345 g/mol. The lowest BCUT2D eigenvalue weighted by molar-refractivity contribution is 0.0951. The molecule has 2 aromatic heterocycles. The number of aromatic nitrogens is 2. The highest BCUT2D eigenvalue weighted by molar-refractivity contribution is 6.06. The van der Waals surface area contributed by atoms with Crippen LogP contribution in [0.5, 0.6) is 5.75 Å². The predicted molar refractivity (Wildman–Crippen MR) is 88.2 cm³/mol. The third kappa shape index (κ3) is 3.52. The van der Waals surface area contributed by atoms with Crippen molar-refractivity contribution in [2.45, 2.75) is 13.3 Å². The standard InChI is InChI=1S/C17H16FN3O4/c1-10-13(14-16(23)20-9-21-17(14)25-10)15(22)19-7-4-8-24-12-6-3-2-5-11(12)18/h2-3,5-6,9H,4,7-8H2,1H3,(H,19,22)(H,20,21,23). The highest BCUT2D eigenvalue weighted by atomic mass is 19.1. The van der Waals surface area contributed by atoms with E-state index >= 15 is 0 Å². The lowest BCUT2D eigenvalue weighted by Crippen LogP contribution is -2.27. The predicted octanol–water partition coefficient (Wildman–Crippen LogP) is 2.16. The van der Waals surface area contributed by atoms with E-state index in [2.05, 4.69) is 15.3 Å². The van der Waals surface area contributed by atoms with Gasteiger partial charge in [0.15, 0.2) is 11.6 Å². The second-order valence-electron chi connectivity index (χ2n) is 5.33. The maximum Gasteiger partial charge on any atom is 0.262 e.